The highest BCUT2D eigenvalue weighted by Gasteiger charge is 2.33. The van der Waals surface area contributed by atoms with Gasteiger partial charge in [-0.1, -0.05) is 34.5 Å². The Bertz CT molecular complexity index is 539. The highest BCUT2D eigenvalue weighted by atomic mass is 79.9. The van der Waals surface area contributed by atoms with Gasteiger partial charge in [-0.25, -0.2) is 13.1 Å². The maximum atomic E-state index is 12.3. The molecule has 0 heterocycles. The molecule has 0 aliphatic carbocycles. The van der Waals surface area contributed by atoms with Crippen LogP contribution in [0.1, 0.15) is 13.3 Å². The van der Waals surface area contributed by atoms with Gasteiger partial charge in [-0.3, -0.25) is 0 Å². The average molecular weight is 410 g/mol. The molecule has 1 aromatic rings. The predicted octanol–water partition coefficient (Wildman–Crippen LogP) is 4.01. The van der Waals surface area contributed by atoms with Crippen LogP contribution in [-0.2, 0) is 10.0 Å². The Morgan fingerprint density at radius 2 is 1.89 bits per heavy atom. The summed E-state index contributed by atoms with van der Waals surface area (Å²) in [6.45, 7) is 1.82. The van der Waals surface area contributed by atoms with E-state index in [1.54, 1.807) is 6.07 Å². The zero-order chi connectivity index (χ0) is 14.7. The summed E-state index contributed by atoms with van der Waals surface area (Å²) in [5, 5.41) is 0.135. The van der Waals surface area contributed by atoms with E-state index in [0.717, 1.165) is 0 Å². The molecule has 0 aromatic heterocycles. The molecular weight excluding hydrogens is 396 g/mol. The zero-order valence-electron chi connectivity index (χ0n) is 10.1. The summed E-state index contributed by atoms with van der Waals surface area (Å²) >= 11 is 20.8. The molecule has 1 aromatic carbocycles. The van der Waals surface area contributed by atoms with E-state index in [1.165, 1.54) is 12.1 Å². The number of benzene rings is 1. The summed E-state index contributed by atoms with van der Waals surface area (Å²) in [6, 6.07) is 4.55. The van der Waals surface area contributed by atoms with Gasteiger partial charge in [0.15, 0.2) is 0 Å². The Balaban J connectivity index is 3.17. The van der Waals surface area contributed by atoms with Gasteiger partial charge >= 0.3 is 0 Å². The summed E-state index contributed by atoms with van der Waals surface area (Å²) in [5.74, 6) is 0.167. The highest BCUT2D eigenvalue weighted by molar-refractivity contribution is 9.10. The van der Waals surface area contributed by atoms with Crippen LogP contribution in [0.15, 0.2) is 27.6 Å². The second kappa shape index (κ2) is 6.96. The smallest absolute Gasteiger partial charge is 0.207 e. The molecule has 0 aliphatic heterocycles. The normalized spacial score (nSPS) is 12.7. The molecule has 0 saturated heterocycles. The van der Waals surface area contributed by atoms with Gasteiger partial charge in [0.05, 0.1) is 10.6 Å². The summed E-state index contributed by atoms with van der Waals surface area (Å²) in [4.78, 5) is 0.00502. The van der Waals surface area contributed by atoms with Gasteiger partial charge in [-0.2, -0.15) is 0 Å². The quantitative estimate of drug-likeness (QED) is 0.722. The van der Waals surface area contributed by atoms with Crippen LogP contribution in [0.25, 0.3) is 0 Å². The van der Waals surface area contributed by atoms with Gasteiger partial charge in [0.25, 0.3) is 0 Å². The zero-order valence-corrected chi connectivity index (χ0v) is 14.8. The minimum atomic E-state index is -3.77. The van der Waals surface area contributed by atoms with Gasteiger partial charge < -0.3 is 0 Å². The molecule has 1 rings (SSSR count). The first-order valence-electron chi connectivity index (χ1n) is 5.41. The first-order valence-corrected chi connectivity index (χ1v) is 9.13. The first-order chi connectivity index (χ1) is 8.80. The molecule has 3 nitrogen and oxygen atoms in total. The molecule has 1 N–H and O–H groups in total. The molecular formula is C11H13BrCl3NO2S. The monoisotopic (exact) mass is 407 g/mol. The van der Waals surface area contributed by atoms with Crippen molar-refractivity contribution in [2.45, 2.75) is 23.8 Å². The maximum Gasteiger partial charge on any atom is 0.242 e. The summed E-state index contributed by atoms with van der Waals surface area (Å²) in [6.07, 6.45) is 0.480. The molecule has 0 saturated carbocycles. The lowest BCUT2D eigenvalue weighted by atomic mass is 10.0. The molecule has 0 unspecified atom stereocenters. The predicted molar refractivity (Wildman–Crippen MR) is 83.9 cm³/mol. The fourth-order valence-electron chi connectivity index (χ4n) is 1.38. The van der Waals surface area contributed by atoms with Crippen molar-refractivity contribution in [1.29, 1.82) is 0 Å². The van der Waals surface area contributed by atoms with Crippen molar-refractivity contribution in [3.63, 3.8) is 0 Å². The molecule has 0 bridgehead atoms. The average Bonchev–Trinajstić information content (AvgIpc) is 2.35. The molecule has 0 spiro atoms. The van der Waals surface area contributed by atoms with Crippen molar-refractivity contribution in [1.82, 2.24) is 4.72 Å². The van der Waals surface area contributed by atoms with E-state index in [0.29, 0.717) is 10.9 Å². The second-order valence-corrected chi connectivity index (χ2v) is 7.59. The van der Waals surface area contributed by atoms with Crippen LogP contribution in [-0.4, -0.2) is 25.7 Å². The number of hydrogen-bond acceptors (Lipinski definition) is 2. The van der Waals surface area contributed by atoms with Crippen LogP contribution in [0, 0.1) is 0 Å². The molecule has 0 aliphatic rings. The van der Waals surface area contributed by atoms with Crippen molar-refractivity contribution in [2.75, 3.05) is 11.8 Å². The van der Waals surface area contributed by atoms with E-state index in [4.69, 9.17) is 34.8 Å². The van der Waals surface area contributed by atoms with Gasteiger partial charge in [0.2, 0.25) is 10.0 Å². The van der Waals surface area contributed by atoms with E-state index < -0.39 is 15.6 Å². The van der Waals surface area contributed by atoms with Crippen molar-refractivity contribution in [2.24, 2.45) is 0 Å². The number of sulfonamides is 1. The van der Waals surface area contributed by atoms with E-state index in [-0.39, 0.29) is 21.7 Å². The Morgan fingerprint density at radius 1 is 1.32 bits per heavy atom. The Hall–Kier alpha value is 0.480. The SMILES string of the molecule is CCC(CCl)(CCl)NS(=O)(=O)c1ccc(Br)cc1Cl. The third kappa shape index (κ3) is 4.22. The van der Waals surface area contributed by atoms with Crippen molar-refractivity contribution >= 4 is 60.8 Å². The van der Waals surface area contributed by atoms with E-state index >= 15 is 0 Å². The van der Waals surface area contributed by atoms with Crippen LogP contribution in [0.3, 0.4) is 0 Å². The van der Waals surface area contributed by atoms with E-state index in [2.05, 4.69) is 20.7 Å². The second-order valence-electron chi connectivity index (χ2n) is 4.08. The van der Waals surface area contributed by atoms with Gasteiger partial charge in [0, 0.05) is 16.2 Å². The van der Waals surface area contributed by atoms with Gasteiger partial charge in [-0.05, 0) is 24.6 Å². The van der Waals surface area contributed by atoms with Gasteiger partial charge in [-0.15, -0.1) is 23.2 Å². The third-order valence-electron chi connectivity index (χ3n) is 2.72. The number of alkyl halides is 2. The summed E-state index contributed by atoms with van der Waals surface area (Å²) in [5.41, 5.74) is -0.877. The van der Waals surface area contributed by atoms with Gasteiger partial charge in [0.1, 0.15) is 4.90 Å². The number of rotatable bonds is 6. The third-order valence-corrected chi connectivity index (χ3v) is 6.30. The largest absolute Gasteiger partial charge is 0.242 e. The summed E-state index contributed by atoms with van der Waals surface area (Å²) < 4.78 is 27.9. The topological polar surface area (TPSA) is 46.2 Å². The molecule has 19 heavy (non-hydrogen) atoms. The number of nitrogens with one attached hydrogen (secondary N) is 1. The number of hydrogen-bond donors (Lipinski definition) is 1. The molecule has 8 heteroatoms. The highest BCUT2D eigenvalue weighted by Crippen LogP contribution is 2.27. The van der Waals surface area contributed by atoms with Crippen LogP contribution in [0.2, 0.25) is 5.02 Å². The van der Waals surface area contributed by atoms with Crippen LogP contribution >= 0.6 is 50.7 Å². The maximum absolute atomic E-state index is 12.3. The van der Waals surface area contributed by atoms with E-state index in [1.807, 2.05) is 6.92 Å². The molecule has 0 amide bonds. The lowest BCUT2D eigenvalue weighted by molar-refractivity contribution is 0.449. The standard InChI is InChI=1S/C11H13BrCl3NO2S/c1-2-11(6-13,7-14)16-19(17,18)10-4-3-8(12)5-9(10)15/h3-5,16H,2,6-7H2,1H3. The fourth-order valence-corrected chi connectivity index (χ4v) is 4.85. The molecule has 108 valence electrons. The fraction of sp³-hybridized carbons (Fsp3) is 0.455. The summed E-state index contributed by atoms with van der Waals surface area (Å²) in [7, 11) is -3.77. The van der Waals surface area contributed by atoms with Crippen LogP contribution in [0.4, 0.5) is 0 Å². The van der Waals surface area contributed by atoms with Crippen molar-refractivity contribution in [3.8, 4) is 0 Å². The molecule has 0 radical (unpaired) electrons. The number of halogens is 4. The lowest BCUT2D eigenvalue weighted by Gasteiger charge is -2.29. The Kier molecular flexibility index (Phi) is 6.42. The first kappa shape index (κ1) is 17.5. The van der Waals surface area contributed by atoms with Crippen LogP contribution < -0.4 is 4.72 Å². The molecule has 0 fully saturated rings. The minimum absolute atomic E-state index is 0.00502. The van der Waals surface area contributed by atoms with Crippen molar-refractivity contribution < 1.29 is 8.42 Å². The van der Waals surface area contributed by atoms with E-state index in [9.17, 15) is 8.42 Å². The lowest BCUT2D eigenvalue weighted by Crippen LogP contribution is -2.51. The van der Waals surface area contributed by atoms with Crippen LogP contribution in [0.5, 0.6) is 0 Å². The Morgan fingerprint density at radius 3 is 2.32 bits per heavy atom. The molecule has 0 atom stereocenters. The van der Waals surface area contributed by atoms with Crippen molar-refractivity contribution in [3.05, 3.63) is 27.7 Å². The Labute approximate surface area is 136 Å². The minimum Gasteiger partial charge on any atom is -0.207 e.